The van der Waals surface area contributed by atoms with Gasteiger partial charge in [-0.2, -0.15) is 0 Å². The van der Waals surface area contributed by atoms with Crippen molar-refractivity contribution in [2.45, 2.75) is 65.8 Å². The second-order valence-electron chi connectivity index (χ2n) is 16.8. The number of nitrogens with zero attached hydrogens (tertiary/aromatic N) is 2. The molecule has 16 nitrogen and oxygen atoms in total. The Balaban J connectivity index is 0.984. The van der Waals surface area contributed by atoms with Crippen molar-refractivity contribution in [3.8, 4) is 11.5 Å². The average Bonchev–Trinajstić information content (AvgIpc) is 3.25. The number of likely N-dealkylation sites (N-methyl/N-ethyl adjacent to an activating group) is 1. The molecule has 0 saturated heterocycles. The van der Waals surface area contributed by atoms with Crippen molar-refractivity contribution >= 4 is 77.4 Å². The lowest BCUT2D eigenvalue weighted by molar-refractivity contribution is 0.274. The Morgan fingerprint density at radius 2 is 1.12 bits per heavy atom. The number of benzene rings is 4. The summed E-state index contributed by atoms with van der Waals surface area (Å²) in [5.74, 6) is -2.01. The Morgan fingerprint density at radius 3 is 1.61 bits per heavy atom. The summed E-state index contributed by atoms with van der Waals surface area (Å²) in [6.45, 7) is -0.0910. The van der Waals surface area contributed by atoms with Gasteiger partial charge >= 0.3 is 0 Å². The van der Waals surface area contributed by atoms with Crippen molar-refractivity contribution in [2.75, 3.05) is 49.0 Å². The highest BCUT2D eigenvalue weighted by atomic mass is 35.5. The molecule has 2 saturated carbocycles. The second kappa shape index (κ2) is 17.1. The SMILES string of the molecule is CN(C)S(=O)(=O)c1c(Cl)ccc(Nc2c(NC3(c4cccc(CCN(C)S(=O)(=O)c5c(Cl)ccc(Nc6c(NC7(c8ccccc8F)CCC7)c(=O)c6=O)c5O)c4)CCC3)c(=O)c2=O)c1O. The van der Waals surface area contributed by atoms with Crippen LogP contribution in [0.4, 0.5) is 38.5 Å². The highest BCUT2D eigenvalue weighted by Gasteiger charge is 2.44. The van der Waals surface area contributed by atoms with Crippen LogP contribution in [0.5, 0.6) is 11.5 Å². The van der Waals surface area contributed by atoms with Gasteiger partial charge in [-0.15, -0.1) is 0 Å². The predicted octanol–water partition coefficient (Wildman–Crippen LogP) is 6.32. The molecule has 0 radical (unpaired) electrons. The van der Waals surface area contributed by atoms with Crippen molar-refractivity contribution < 1.29 is 31.4 Å². The molecule has 6 aromatic carbocycles. The lowest BCUT2D eigenvalue weighted by atomic mass is 9.71. The molecule has 2 fully saturated rings. The first-order valence-electron chi connectivity index (χ1n) is 20.7. The summed E-state index contributed by atoms with van der Waals surface area (Å²) in [4.78, 5) is 50.3. The Morgan fingerprint density at radius 1 is 0.636 bits per heavy atom. The molecule has 21 heteroatoms. The van der Waals surface area contributed by atoms with E-state index in [2.05, 4.69) is 21.3 Å². The average molecular weight is 982 g/mol. The minimum absolute atomic E-state index is 0.0578. The lowest BCUT2D eigenvalue weighted by Crippen LogP contribution is -2.48. The summed E-state index contributed by atoms with van der Waals surface area (Å²) < 4.78 is 70.7. The largest absolute Gasteiger partial charge is 0.504 e. The molecule has 0 heterocycles. The van der Waals surface area contributed by atoms with E-state index in [0.717, 1.165) is 27.0 Å². The molecule has 6 aromatic rings. The number of sulfonamides is 2. The topological polar surface area (TPSA) is 232 Å². The van der Waals surface area contributed by atoms with E-state index in [0.29, 0.717) is 36.8 Å². The summed E-state index contributed by atoms with van der Waals surface area (Å²) in [5.41, 5.74) is -4.37. The van der Waals surface area contributed by atoms with Crippen molar-refractivity contribution in [2.24, 2.45) is 0 Å². The zero-order valence-corrected chi connectivity index (χ0v) is 38.7. The van der Waals surface area contributed by atoms with Crippen LogP contribution in [0.15, 0.2) is 102 Å². The first-order chi connectivity index (χ1) is 31.1. The number of rotatable bonds is 17. The van der Waals surface area contributed by atoms with Crippen LogP contribution in [0.2, 0.25) is 10.0 Å². The quantitative estimate of drug-likeness (QED) is 0.0434. The van der Waals surface area contributed by atoms with E-state index in [9.17, 15) is 50.6 Å². The summed E-state index contributed by atoms with van der Waals surface area (Å²) >= 11 is 12.6. The Hall–Kier alpha value is -5.83. The monoisotopic (exact) mass is 980 g/mol. The van der Waals surface area contributed by atoms with Gasteiger partial charge in [0.05, 0.1) is 32.5 Å². The van der Waals surface area contributed by atoms with Gasteiger partial charge in [-0.1, -0.05) is 65.7 Å². The summed E-state index contributed by atoms with van der Waals surface area (Å²) in [6, 6.07) is 18.4. The van der Waals surface area contributed by atoms with Gasteiger partial charge in [-0.05, 0) is 86.4 Å². The normalized spacial score (nSPS) is 15.7. The molecular weight excluding hydrogens is 939 g/mol. The molecule has 0 aliphatic heterocycles. The molecule has 2 aliphatic carbocycles. The molecule has 0 bridgehead atoms. The fraction of sp³-hybridized carbons (Fsp3) is 0.289. The third kappa shape index (κ3) is 7.80. The van der Waals surface area contributed by atoms with Crippen LogP contribution in [0, 0.1) is 5.82 Å². The zero-order chi connectivity index (χ0) is 47.7. The molecule has 6 N–H and O–H groups in total. The van der Waals surface area contributed by atoms with E-state index in [1.54, 1.807) is 30.3 Å². The smallest absolute Gasteiger partial charge is 0.253 e. The number of nitrogens with one attached hydrogen (secondary N) is 4. The zero-order valence-electron chi connectivity index (χ0n) is 35.6. The Labute approximate surface area is 388 Å². The standard InChI is InChI=1S/C45H43Cl2FN6O10S2/c1-53(2)65(61,62)42-27(46)13-15-30(36(42)55)49-32-34(40(59)38(32)57)51-44(18-7-19-44)25-10-6-9-24(23-25)17-22-54(3)66(63,64)43-28(47)14-16-31(37(43)56)50-33-35(41(60)39(33)58)52-45(20-8-21-45)26-11-4-5-12-29(26)48/h4-6,9-16,23,49-52,55-56H,7-8,17-22H2,1-3H3. The van der Waals surface area contributed by atoms with Gasteiger partial charge in [-0.3, -0.25) is 19.2 Å². The first-order valence-corrected chi connectivity index (χ1v) is 24.3. The molecule has 346 valence electrons. The number of anilines is 6. The van der Waals surface area contributed by atoms with Crippen LogP contribution in [0.25, 0.3) is 0 Å². The minimum atomic E-state index is -4.50. The summed E-state index contributed by atoms with van der Waals surface area (Å²) in [7, 11) is -4.87. The van der Waals surface area contributed by atoms with Gasteiger partial charge in [0.2, 0.25) is 20.0 Å². The Bertz CT molecular complexity index is 3320. The fourth-order valence-corrected chi connectivity index (χ4v) is 11.7. The predicted molar refractivity (Wildman–Crippen MR) is 251 cm³/mol. The third-order valence-corrected chi connectivity index (χ3v) is 17.3. The fourth-order valence-electron chi connectivity index (χ4n) is 8.42. The lowest BCUT2D eigenvalue weighted by Gasteiger charge is -2.44. The van der Waals surface area contributed by atoms with Crippen molar-refractivity contribution in [3.63, 3.8) is 0 Å². The summed E-state index contributed by atoms with van der Waals surface area (Å²) in [5, 5.41) is 33.5. The molecule has 0 atom stereocenters. The van der Waals surface area contributed by atoms with Crippen molar-refractivity contribution in [1.82, 2.24) is 8.61 Å². The van der Waals surface area contributed by atoms with Crippen molar-refractivity contribution in [1.29, 1.82) is 0 Å². The van der Waals surface area contributed by atoms with Crippen LogP contribution in [-0.2, 0) is 37.5 Å². The Kier molecular flexibility index (Phi) is 12.1. The molecule has 0 unspecified atom stereocenters. The van der Waals surface area contributed by atoms with Crippen LogP contribution >= 0.6 is 23.2 Å². The van der Waals surface area contributed by atoms with Crippen LogP contribution < -0.4 is 43.0 Å². The van der Waals surface area contributed by atoms with E-state index in [1.807, 2.05) is 12.1 Å². The highest BCUT2D eigenvalue weighted by Crippen LogP contribution is 2.48. The maximum atomic E-state index is 14.9. The highest BCUT2D eigenvalue weighted by molar-refractivity contribution is 7.89. The maximum absolute atomic E-state index is 14.9. The number of hydrogen-bond acceptors (Lipinski definition) is 14. The maximum Gasteiger partial charge on any atom is 0.253 e. The van der Waals surface area contributed by atoms with Gasteiger partial charge in [0.15, 0.2) is 11.5 Å². The number of phenols is 2. The summed E-state index contributed by atoms with van der Waals surface area (Å²) in [6.07, 6.45) is 3.80. The minimum Gasteiger partial charge on any atom is -0.504 e. The molecule has 8 rings (SSSR count). The second-order valence-corrected chi connectivity index (χ2v) is 21.7. The molecule has 66 heavy (non-hydrogen) atoms. The van der Waals surface area contributed by atoms with Crippen LogP contribution in [0.1, 0.15) is 55.2 Å². The molecular formula is C45H43Cl2FN6O10S2. The first kappa shape index (κ1) is 46.7. The molecule has 0 aromatic heterocycles. The molecule has 0 amide bonds. The van der Waals surface area contributed by atoms with Gasteiger partial charge in [-0.25, -0.2) is 29.8 Å². The van der Waals surface area contributed by atoms with Crippen LogP contribution in [0.3, 0.4) is 0 Å². The third-order valence-electron chi connectivity index (χ3n) is 12.6. The number of halogens is 3. The van der Waals surface area contributed by atoms with Gasteiger partial charge in [0.1, 0.15) is 38.4 Å². The van der Waals surface area contributed by atoms with E-state index < -0.39 is 79.9 Å². The van der Waals surface area contributed by atoms with Crippen LogP contribution in [-0.4, -0.2) is 63.3 Å². The van der Waals surface area contributed by atoms with Gasteiger partial charge in [0.25, 0.3) is 21.7 Å². The van der Waals surface area contributed by atoms with Gasteiger partial charge < -0.3 is 31.5 Å². The number of aromatic hydroxyl groups is 2. The van der Waals surface area contributed by atoms with Crippen molar-refractivity contribution in [3.05, 3.63) is 146 Å². The van der Waals surface area contributed by atoms with Gasteiger partial charge in [0, 0.05) is 33.3 Å². The molecule has 2 aliphatic rings. The molecule has 0 spiro atoms. The van der Waals surface area contributed by atoms with E-state index in [-0.39, 0.29) is 57.1 Å². The van der Waals surface area contributed by atoms with E-state index in [1.165, 1.54) is 51.5 Å². The number of hydrogen-bond donors (Lipinski definition) is 6. The van der Waals surface area contributed by atoms with E-state index in [4.69, 9.17) is 23.2 Å². The number of phenolic OH excluding ortho intramolecular Hbond substituents is 2. The van der Waals surface area contributed by atoms with E-state index >= 15 is 0 Å².